The van der Waals surface area contributed by atoms with Crippen LogP contribution in [-0.4, -0.2) is 25.4 Å². The quantitative estimate of drug-likeness (QED) is 0.592. The Morgan fingerprint density at radius 3 is 2.73 bits per heavy atom. The third-order valence-electron chi connectivity index (χ3n) is 1.84. The third-order valence-corrected chi connectivity index (χ3v) is 2.09. The monoisotopic (exact) mass is 224 g/mol. The summed E-state index contributed by atoms with van der Waals surface area (Å²) in [6, 6.07) is 9.86. The number of hydrogen-bond donors (Lipinski definition) is 2. The summed E-state index contributed by atoms with van der Waals surface area (Å²) in [5.74, 6) is 0. The van der Waals surface area contributed by atoms with Gasteiger partial charge >= 0.3 is 0 Å². The third kappa shape index (κ3) is 5.34. The molecule has 0 aliphatic carbocycles. The molecule has 0 heterocycles. The van der Waals surface area contributed by atoms with Gasteiger partial charge in [0.1, 0.15) is 0 Å². The van der Waals surface area contributed by atoms with Gasteiger partial charge in [-0.3, -0.25) is 0 Å². The van der Waals surface area contributed by atoms with Crippen LogP contribution in [0.1, 0.15) is 6.42 Å². The molecule has 0 aliphatic rings. The van der Waals surface area contributed by atoms with E-state index in [1.807, 2.05) is 30.3 Å². The van der Waals surface area contributed by atoms with Crippen molar-refractivity contribution in [2.75, 3.05) is 25.6 Å². The number of nitrogens with one attached hydrogen (secondary N) is 2. The first-order chi connectivity index (χ1) is 7.33. The van der Waals surface area contributed by atoms with Gasteiger partial charge in [0.05, 0.1) is 0 Å². The van der Waals surface area contributed by atoms with Gasteiger partial charge in [-0.2, -0.15) is 0 Å². The molecule has 0 fully saturated rings. The maximum Gasteiger partial charge on any atom is 0.170 e. The van der Waals surface area contributed by atoms with E-state index in [4.69, 9.17) is 17.0 Å². The number of para-hydroxylation sites is 1. The molecule has 0 aromatic heterocycles. The standard InChI is InChI=1S/C11H16N2OS/c1-14-9-5-8-12-11(15)13-10-6-3-2-4-7-10/h2-4,6-7H,5,8-9H2,1H3,(H2,12,13,15). The Bertz CT molecular complexity index is 290. The highest BCUT2D eigenvalue weighted by Crippen LogP contribution is 2.04. The van der Waals surface area contributed by atoms with Crippen molar-refractivity contribution >= 4 is 23.0 Å². The maximum atomic E-state index is 5.12. The first-order valence-corrected chi connectivity index (χ1v) is 5.32. The smallest absolute Gasteiger partial charge is 0.170 e. The highest BCUT2D eigenvalue weighted by Gasteiger charge is 1.95. The molecule has 4 heteroatoms. The van der Waals surface area contributed by atoms with Crippen LogP contribution >= 0.6 is 12.2 Å². The van der Waals surface area contributed by atoms with Gasteiger partial charge in [0.15, 0.2) is 5.11 Å². The molecule has 0 saturated heterocycles. The molecule has 15 heavy (non-hydrogen) atoms. The van der Waals surface area contributed by atoms with Crippen LogP contribution in [0.3, 0.4) is 0 Å². The first kappa shape index (κ1) is 11.9. The van der Waals surface area contributed by atoms with Gasteiger partial charge in [-0.1, -0.05) is 18.2 Å². The van der Waals surface area contributed by atoms with Crippen molar-refractivity contribution in [3.8, 4) is 0 Å². The lowest BCUT2D eigenvalue weighted by Gasteiger charge is -2.09. The highest BCUT2D eigenvalue weighted by molar-refractivity contribution is 7.80. The van der Waals surface area contributed by atoms with Crippen molar-refractivity contribution in [1.82, 2.24) is 5.32 Å². The van der Waals surface area contributed by atoms with Crippen LogP contribution in [0.2, 0.25) is 0 Å². The molecule has 1 aromatic carbocycles. The highest BCUT2D eigenvalue weighted by atomic mass is 32.1. The molecule has 0 bridgehead atoms. The Labute approximate surface area is 95.8 Å². The van der Waals surface area contributed by atoms with Crippen molar-refractivity contribution in [3.05, 3.63) is 30.3 Å². The molecule has 3 nitrogen and oxygen atoms in total. The van der Waals surface area contributed by atoms with E-state index in [1.165, 1.54) is 0 Å². The van der Waals surface area contributed by atoms with Gasteiger partial charge in [-0.05, 0) is 30.8 Å². The number of thiocarbonyl (C=S) groups is 1. The second kappa shape index (κ2) is 7.20. The van der Waals surface area contributed by atoms with Crippen LogP contribution in [-0.2, 0) is 4.74 Å². The molecule has 0 atom stereocenters. The Morgan fingerprint density at radius 2 is 2.07 bits per heavy atom. The Hall–Kier alpha value is -1.13. The molecule has 0 radical (unpaired) electrons. The van der Waals surface area contributed by atoms with Gasteiger partial charge < -0.3 is 15.4 Å². The zero-order valence-electron chi connectivity index (χ0n) is 8.82. The number of anilines is 1. The van der Waals surface area contributed by atoms with Crippen molar-refractivity contribution < 1.29 is 4.74 Å². The van der Waals surface area contributed by atoms with Crippen LogP contribution in [0.25, 0.3) is 0 Å². The first-order valence-electron chi connectivity index (χ1n) is 4.92. The summed E-state index contributed by atoms with van der Waals surface area (Å²) in [6.45, 7) is 1.58. The summed E-state index contributed by atoms with van der Waals surface area (Å²) in [6.07, 6.45) is 0.951. The van der Waals surface area contributed by atoms with E-state index in [0.29, 0.717) is 5.11 Å². The fourth-order valence-corrected chi connectivity index (χ4v) is 1.34. The van der Waals surface area contributed by atoms with Gasteiger partial charge in [0, 0.05) is 25.9 Å². The van der Waals surface area contributed by atoms with Crippen molar-refractivity contribution in [1.29, 1.82) is 0 Å². The molecule has 82 valence electrons. The Balaban J connectivity index is 2.19. The SMILES string of the molecule is COCCCNC(=S)Nc1ccccc1. The molecule has 2 N–H and O–H groups in total. The van der Waals surface area contributed by atoms with E-state index >= 15 is 0 Å². The zero-order valence-corrected chi connectivity index (χ0v) is 9.64. The molecular weight excluding hydrogens is 208 g/mol. The van der Waals surface area contributed by atoms with Crippen LogP contribution in [0.15, 0.2) is 30.3 Å². The van der Waals surface area contributed by atoms with Gasteiger partial charge in [0.25, 0.3) is 0 Å². The fourth-order valence-electron chi connectivity index (χ4n) is 1.12. The summed E-state index contributed by atoms with van der Waals surface area (Å²) < 4.78 is 4.94. The van der Waals surface area contributed by atoms with E-state index < -0.39 is 0 Å². The van der Waals surface area contributed by atoms with Gasteiger partial charge in [0.2, 0.25) is 0 Å². The van der Waals surface area contributed by atoms with Crippen LogP contribution in [0, 0.1) is 0 Å². The topological polar surface area (TPSA) is 33.3 Å². The summed E-state index contributed by atoms with van der Waals surface area (Å²) in [4.78, 5) is 0. The maximum absolute atomic E-state index is 5.12. The molecule has 0 unspecified atom stereocenters. The lowest BCUT2D eigenvalue weighted by atomic mass is 10.3. The summed E-state index contributed by atoms with van der Waals surface area (Å²) in [5.41, 5.74) is 1.00. The minimum absolute atomic E-state index is 0.650. The van der Waals surface area contributed by atoms with E-state index in [1.54, 1.807) is 7.11 Å². The lowest BCUT2D eigenvalue weighted by molar-refractivity contribution is 0.196. The minimum Gasteiger partial charge on any atom is -0.385 e. The molecule has 0 spiro atoms. The summed E-state index contributed by atoms with van der Waals surface area (Å²) >= 11 is 5.12. The molecular formula is C11H16N2OS. The average Bonchev–Trinajstić information content (AvgIpc) is 2.26. The normalized spacial score (nSPS) is 9.67. The van der Waals surface area contributed by atoms with E-state index in [-0.39, 0.29) is 0 Å². The van der Waals surface area contributed by atoms with Crippen LogP contribution in [0.5, 0.6) is 0 Å². The van der Waals surface area contributed by atoms with E-state index in [9.17, 15) is 0 Å². The number of rotatable bonds is 5. The molecule has 0 amide bonds. The van der Waals surface area contributed by atoms with E-state index in [2.05, 4.69) is 10.6 Å². The van der Waals surface area contributed by atoms with Crippen molar-refractivity contribution in [3.63, 3.8) is 0 Å². The second-order valence-electron chi connectivity index (χ2n) is 3.09. The van der Waals surface area contributed by atoms with Gasteiger partial charge in [-0.15, -0.1) is 0 Å². The summed E-state index contributed by atoms with van der Waals surface area (Å²) in [5, 5.41) is 6.85. The summed E-state index contributed by atoms with van der Waals surface area (Å²) in [7, 11) is 1.69. The predicted octanol–water partition coefficient (Wildman–Crippen LogP) is 2.01. The van der Waals surface area contributed by atoms with E-state index in [0.717, 1.165) is 25.3 Å². The van der Waals surface area contributed by atoms with Crippen LogP contribution in [0.4, 0.5) is 5.69 Å². The molecule has 1 aromatic rings. The fraction of sp³-hybridized carbons (Fsp3) is 0.364. The van der Waals surface area contributed by atoms with Crippen LogP contribution < -0.4 is 10.6 Å². The minimum atomic E-state index is 0.650. The van der Waals surface area contributed by atoms with Crippen molar-refractivity contribution in [2.45, 2.75) is 6.42 Å². The Morgan fingerprint density at radius 1 is 1.33 bits per heavy atom. The molecule has 1 rings (SSSR count). The molecule has 0 aliphatic heterocycles. The number of hydrogen-bond acceptors (Lipinski definition) is 2. The Kier molecular flexibility index (Phi) is 5.73. The van der Waals surface area contributed by atoms with Gasteiger partial charge in [-0.25, -0.2) is 0 Å². The van der Waals surface area contributed by atoms with Crippen molar-refractivity contribution in [2.24, 2.45) is 0 Å². The predicted molar refractivity (Wildman–Crippen MR) is 67.2 cm³/mol. The molecule has 0 saturated carbocycles. The lowest BCUT2D eigenvalue weighted by Crippen LogP contribution is -2.29. The number of ether oxygens (including phenoxy) is 1. The number of methoxy groups -OCH3 is 1. The zero-order chi connectivity index (χ0) is 10.9. The number of benzene rings is 1. The largest absolute Gasteiger partial charge is 0.385 e. The average molecular weight is 224 g/mol. The second-order valence-corrected chi connectivity index (χ2v) is 3.50.